The van der Waals surface area contributed by atoms with Crippen LogP contribution in [0.15, 0.2) is 76.4 Å². The summed E-state index contributed by atoms with van der Waals surface area (Å²) in [6.45, 7) is 3.62. The number of hydrogen-bond acceptors (Lipinski definition) is 6. The van der Waals surface area contributed by atoms with Crippen LogP contribution in [0.25, 0.3) is 5.69 Å². The molecular weight excluding hydrogens is 535 g/mol. The van der Waals surface area contributed by atoms with Gasteiger partial charge in [0.15, 0.2) is 5.16 Å². The van der Waals surface area contributed by atoms with E-state index in [-0.39, 0.29) is 23.9 Å². The summed E-state index contributed by atoms with van der Waals surface area (Å²) >= 11 is 4.72. The molecule has 0 spiro atoms. The minimum atomic E-state index is -0.613. The standard InChI is InChI=1S/C25H22BrFN4O3S/c1-16-6-9-21(10-7-16)31-17(2)28-29-25(31)35-24(14-30(32)33)22-13-19(26)8-11-23(22)34-15-18-4-3-5-20(27)12-18/h3-13,24H,14-15H2,1-2H3/t24-/m1/s1. The van der Waals surface area contributed by atoms with E-state index in [4.69, 9.17) is 4.74 Å². The maximum Gasteiger partial charge on any atom is 0.220 e. The summed E-state index contributed by atoms with van der Waals surface area (Å²) in [5.74, 6) is 0.803. The SMILES string of the molecule is Cc1ccc(-n2c(C)nnc2S[C@H](C[N+](=O)[O-])c2cc(Br)ccc2OCc2cccc(F)c2)cc1. The number of aryl methyl sites for hydroxylation is 2. The third-order valence-corrected chi connectivity index (χ3v) is 6.91. The number of halogens is 2. The smallest absolute Gasteiger partial charge is 0.220 e. The second-order valence-electron chi connectivity index (χ2n) is 7.92. The fraction of sp³-hybridized carbons (Fsp3) is 0.200. The molecule has 180 valence electrons. The molecule has 0 fully saturated rings. The Morgan fingerprint density at radius 1 is 1.11 bits per heavy atom. The summed E-state index contributed by atoms with van der Waals surface area (Å²) in [5, 5.41) is 20.1. The highest BCUT2D eigenvalue weighted by Crippen LogP contribution is 2.41. The highest BCUT2D eigenvalue weighted by atomic mass is 79.9. The monoisotopic (exact) mass is 556 g/mol. The van der Waals surface area contributed by atoms with Crippen molar-refractivity contribution in [1.82, 2.24) is 14.8 Å². The molecule has 0 saturated carbocycles. The average Bonchev–Trinajstić information content (AvgIpc) is 3.18. The number of nitrogens with zero attached hydrogens (tertiary/aromatic N) is 4. The van der Waals surface area contributed by atoms with Crippen LogP contribution in [-0.4, -0.2) is 26.2 Å². The Hall–Kier alpha value is -3.24. The molecule has 3 aromatic carbocycles. The van der Waals surface area contributed by atoms with E-state index in [9.17, 15) is 14.5 Å². The number of benzene rings is 3. The first-order valence-corrected chi connectivity index (χ1v) is 12.4. The van der Waals surface area contributed by atoms with Gasteiger partial charge in [0.05, 0.1) is 0 Å². The minimum Gasteiger partial charge on any atom is -0.489 e. The molecule has 0 aliphatic carbocycles. The fourth-order valence-electron chi connectivity index (χ4n) is 3.56. The third-order valence-electron chi connectivity index (χ3n) is 5.25. The summed E-state index contributed by atoms with van der Waals surface area (Å²) in [6.07, 6.45) is 0. The molecule has 1 heterocycles. The summed E-state index contributed by atoms with van der Waals surface area (Å²) in [5.41, 5.74) is 3.28. The van der Waals surface area contributed by atoms with E-state index >= 15 is 0 Å². The molecule has 7 nitrogen and oxygen atoms in total. The van der Waals surface area contributed by atoms with Crippen molar-refractivity contribution in [2.45, 2.75) is 30.9 Å². The summed E-state index contributed by atoms with van der Waals surface area (Å²) < 4.78 is 22.2. The zero-order chi connectivity index (χ0) is 24.9. The lowest BCUT2D eigenvalue weighted by molar-refractivity contribution is -0.479. The van der Waals surface area contributed by atoms with Gasteiger partial charge in [-0.2, -0.15) is 0 Å². The maximum atomic E-state index is 13.6. The van der Waals surface area contributed by atoms with E-state index in [0.717, 1.165) is 15.7 Å². The topological polar surface area (TPSA) is 83.1 Å². The van der Waals surface area contributed by atoms with Crippen molar-refractivity contribution in [2.24, 2.45) is 0 Å². The highest BCUT2D eigenvalue weighted by Gasteiger charge is 2.27. The van der Waals surface area contributed by atoms with Crippen molar-refractivity contribution in [3.05, 3.63) is 110 Å². The van der Waals surface area contributed by atoms with Crippen molar-refractivity contribution in [3.8, 4) is 11.4 Å². The van der Waals surface area contributed by atoms with Crippen LogP contribution in [0.1, 0.15) is 27.8 Å². The Balaban J connectivity index is 1.68. The van der Waals surface area contributed by atoms with E-state index in [2.05, 4.69) is 26.1 Å². The van der Waals surface area contributed by atoms with Crippen LogP contribution in [0, 0.1) is 29.8 Å². The van der Waals surface area contributed by atoms with Crippen molar-refractivity contribution in [2.75, 3.05) is 6.54 Å². The number of ether oxygens (including phenoxy) is 1. The van der Waals surface area contributed by atoms with E-state index < -0.39 is 5.25 Å². The van der Waals surface area contributed by atoms with Gasteiger partial charge in [-0.25, -0.2) is 4.39 Å². The van der Waals surface area contributed by atoms with Gasteiger partial charge in [-0.1, -0.05) is 57.5 Å². The zero-order valence-corrected chi connectivity index (χ0v) is 21.4. The van der Waals surface area contributed by atoms with E-state index in [1.165, 1.54) is 23.9 Å². The van der Waals surface area contributed by atoms with Crippen LogP contribution >= 0.6 is 27.7 Å². The molecule has 35 heavy (non-hydrogen) atoms. The normalized spacial score (nSPS) is 11.9. The maximum absolute atomic E-state index is 13.6. The van der Waals surface area contributed by atoms with Gasteiger partial charge in [-0.15, -0.1) is 10.2 Å². The molecule has 4 aromatic rings. The van der Waals surface area contributed by atoms with Crippen LogP contribution in [0.5, 0.6) is 5.75 Å². The Kier molecular flexibility index (Phi) is 7.82. The van der Waals surface area contributed by atoms with Gasteiger partial charge in [-0.05, 0) is 61.9 Å². The Morgan fingerprint density at radius 2 is 1.89 bits per heavy atom. The third kappa shape index (κ3) is 6.26. The molecule has 4 rings (SSSR count). The van der Waals surface area contributed by atoms with Gasteiger partial charge >= 0.3 is 0 Å². The predicted molar refractivity (Wildman–Crippen MR) is 136 cm³/mol. The Morgan fingerprint density at radius 3 is 2.60 bits per heavy atom. The number of aromatic nitrogens is 3. The summed E-state index contributed by atoms with van der Waals surface area (Å²) in [7, 11) is 0. The van der Waals surface area contributed by atoms with Crippen LogP contribution in [-0.2, 0) is 6.61 Å². The predicted octanol–water partition coefficient (Wildman–Crippen LogP) is 6.47. The molecular formula is C25H22BrFN4O3S. The summed E-state index contributed by atoms with van der Waals surface area (Å²) in [6, 6.07) is 19.4. The lowest BCUT2D eigenvalue weighted by Gasteiger charge is -2.18. The van der Waals surface area contributed by atoms with Crippen LogP contribution in [0.2, 0.25) is 0 Å². The molecule has 0 unspecified atom stereocenters. The van der Waals surface area contributed by atoms with Crippen LogP contribution < -0.4 is 4.74 Å². The Labute approximate surface area is 214 Å². The Bertz CT molecular complexity index is 1350. The first-order chi connectivity index (χ1) is 16.8. The quantitative estimate of drug-likeness (QED) is 0.133. The first kappa shape index (κ1) is 24.9. The van der Waals surface area contributed by atoms with Gasteiger partial charge in [0.2, 0.25) is 6.54 Å². The molecule has 10 heteroatoms. The lowest BCUT2D eigenvalue weighted by Crippen LogP contribution is -2.13. The van der Waals surface area contributed by atoms with Crippen molar-refractivity contribution in [1.29, 1.82) is 0 Å². The number of nitro groups is 1. The zero-order valence-electron chi connectivity index (χ0n) is 19.0. The number of hydrogen-bond donors (Lipinski definition) is 0. The molecule has 1 atom stereocenters. The summed E-state index contributed by atoms with van der Waals surface area (Å²) in [4.78, 5) is 11.3. The second kappa shape index (κ2) is 11.0. The van der Waals surface area contributed by atoms with E-state index in [1.54, 1.807) is 24.3 Å². The fourth-order valence-corrected chi connectivity index (χ4v) is 5.13. The van der Waals surface area contributed by atoms with Gasteiger partial charge in [0, 0.05) is 20.6 Å². The average molecular weight is 557 g/mol. The lowest BCUT2D eigenvalue weighted by atomic mass is 10.1. The number of rotatable bonds is 9. The van der Waals surface area contributed by atoms with E-state index in [0.29, 0.717) is 27.9 Å². The minimum absolute atomic E-state index is 0.126. The molecule has 0 radical (unpaired) electrons. The molecule has 0 N–H and O–H groups in total. The molecule has 0 bridgehead atoms. The van der Waals surface area contributed by atoms with E-state index in [1.807, 2.05) is 48.7 Å². The largest absolute Gasteiger partial charge is 0.489 e. The molecule has 0 aliphatic rings. The number of thioether (sulfide) groups is 1. The van der Waals surface area contributed by atoms with Gasteiger partial charge in [0.25, 0.3) is 0 Å². The molecule has 0 saturated heterocycles. The molecule has 0 aliphatic heterocycles. The first-order valence-electron chi connectivity index (χ1n) is 10.7. The molecule has 1 aromatic heterocycles. The highest BCUT2D eigenvalue weighted by molar-refractivity contribution is 9.10. The second-order valence-corrected chi connectivity index (χ2v) is 10.0. The van der Waals surface area contributed by atoms with Gasteiger partial charge in [-0.3, -0.25) is 14.7 Å². The van der Waals surface area contributed by atoms with Crippen molar-refractivity contribution >= 4 is 27.7 Å². The molecule has 0 amide bonds. The van der Waals surface area contributed by atoms with Crippen molar-refractivity contribution in [3.63, 3.8) is 0 Å². The van der Waals surface area contributed by atoms with Crippen LogP contribution in [0.3, 0.4) is 0 Å². The van der Waals surface area contributed by atoms with Gasteiger partial charge in [0.1, 0.15) is 29.2 Å². The van der Waals surface area contributed by atoms with Gasteiger partial charge < -0.3 is 4.74 Å². The van der Waals surface area contributed by atoms with Crippen molar-refractivity contribution < 1.29 is 14.1 Å². The van der Waals surface area contributed by atoms with Crippen LogP contribution in [0.4, 0.5) is 4.39 Å².